The van der Waals surface area contributed by atoms with Gasteiger partial charge in [-0.1, -0.05) is 23.9 Å². The highest BCUT2D eigenvalue weighted by Crippen LogP contribution is 2.34. The fraction of sp³-hybridized carbons (Fsp3) is 0.133. The molecule has 2 aromatic rings. The number of primary amides is 1. The molecule has 4 N–H and O–H groups in total. The summed E-state index contributed by atoms with van der Waals surface area (Å²) in [7, 11) is 0. The third kappa shape index (κ3) is 3.09. The first kappa shape index (κ1) is 13.5. The van der Waals surface area contributed by atoms with Crippen LogP contribution in [0.15, 0.2) is 46.2 Å². The molecule has 3 nitrogen and oxygen atoms in total. The Hall–Kier alpha value is -1.94. The number of nitrogen functional groups attached to an aromatic ring is 1. The number of anilines is 1. The lowest BCUT2D eigenvalue weighted by Crippen LogP contribution is -2.12. The zero-order chi connectivity index (χ0) is 14.0. The molecule has 0 saturated heterocycles. The number of aryl methyl sites for hydroxylation is 2. The van der Waals surface area contributed by atoms with E-state index in [1.807, 2.05) is 13.8 Å². The van der Waals surface area contributed by atoms with Crippen molar-refractivity contribution in [2.24, 2.45) is 5.73 Å². The number of hydrogen-bond donors (Lipinski definition) is 2. The fourth-order valence-electron chi connectivity index (χ4n) is 1.76. The molecule has 0 spiro atoms. The van der Waals surface area contributed by atoms with Crippen molar-refractivity contribution in [2.45, 2.75) is 23.6 Å². The highest BCUT2D eigenvalue weighted by atomic mass is 32.2. The predicted molar refractivity (Wildman–Crippen MR) is 79.4 cm³/mol. The molecule has 0 unspecified atom stereocenters. The minimum Gasteiger partial charge on any atom is -0.399 e. The average Bonchev–Trinajstić information content (AvgIpc) is 2.33. The van der Waals surface area contributed by atoms with Gasteiger partial charge in [0.1, 0.15) is 0 Å². The lowest BCUT2D eigenvalue weighted by molar-refractivity contribution is 0.0997. The normalized spacial score (nSPS) is 10.4. The van der Waals surface area contributed by atoms with Crippen LogP contribution in [0.4, 0.5) is 5.69 Å². The summed E-state index contributed by atoms with van der Waals surface area (Å²) in [5, 5.41) is 0. The van der Waals surface area contributed by atoms with Crippen LogP contribution >= 0.6 is 11.8 Å². The molecule has 0 radical (unpaired) electrons. The maximum atomic E-state index is 11.4. The zero-order valence-corrected chi connectivity index (χ0v) is 11.8. The molecule has 0 heterocycles. The summed E-state index contributed by atoms with van der Waals surface area (Å²) in [5.41, 5.74) is 14.6. The van der Waals surface area contributed by atoms with Crippen molar-refractivity contribution in [2.75, 3.05) is 5.73 Å². The number of benzene rings is 2. The molecule has 2 aromatic carbocycles. The fourth-order valence-corrected chi connectivity index (χ4v) is 2.95. The average molecular weight is 272 g/mol. The van der Waals surface area contributed by atoms with E-state index in [1.54, 1.807) is 18.2 Å². The van der Waals surface area contributed by atoms with Crippen molar-refractivity contribution in [3.8, 4) is 0 Å². The van der Waals surface area contributed by atoms with E-state index in [-0.39, 0.29) is 0 Å². The van der Waals surface area contributed by atoms with Gasteiger partial charge in [0.15, 0.2) is 0 Å². The van der Waals surface area contributed by atoms with Crippen molar-refractivity contribution in [3.63, 3.8) is 0 Å². The summed E-state index contributed by atoms with van der Waals surface area (Å²) >= 11 is 1.52. The molecular formula is C15H16N2OS. The molecule has 0 aliphatic carbocycles. The Labute approximate surface area is 117 Å². The standard InChI is InChI=1S/C15H16N2OS/c1-9-3-4-10(2)13(7-9)19-14-8-11(16)5-6-12(14)15(17)18/h3-8H,16H2,1-2H3,(H2,17,18). The van der Waals surface area contributed by atoms with Crippen LogP contribution in [0.5, 0.6) is 0 Å². The molecule has 0 atom stereocenters. The SMILES string of the molecule is Cc1ccc(C)c(Sc2cc(N)ccc2C(N)=O)c1. The molecule has 0 fully saturated rings. The van der Waals surface area contributed by atoms with Crippen LogP contribution in [0.25, 0.3) is 0 Å². The van der Waals surface area contributed by atoms with Gasteiger partial charge in [0, 0.05) is 15.5 Å². The van der Waals surface area contributed by atoms with Crippen LogP contribution < -0.4 is 11.5 Å². The topological polar surface area (TPSA) is 69.1 Å². The highest BCUT2D eigenvalue weighted by Gasteiger charge is 2.11. The minimum atomic E-state index is -0.437. The number of rotatable bonds is 3. The van der Waals surface area contributed by atoms with Gasteiger partial charge < -0.3 is 11.5 Å². The molecule has 19 heavy (non-hydrogen) atoms. The molecule has 0 bridgehead atoms. The van der Waals surface area contributed by atoms with Gasteiger partial charge in [0.05, 0.1) is 5.56 Å². The third-order valence-electron chi connectivity index (χ3n) is 2.83. The van der Waals surface area contributed by atoms with Crippen LogP contribution in [-0.4, -0.2) is 5.91 Å². The van der Waals surface area contributed by atoms with E-state index >= 15 is 0 Å². The van der Waals surface area contributed by atoms with Gasteiger partial charge in [-0.3, -0.25) is 4.79 Å². The largest absolute Gasteiger partial charge is 0.399 e. The summed E-state index contributed by atoms with van der Waals surface area (Å²) in [6.07, 6.45) is 0. The Balaban J connectivity index is 2.45. The van der Waals surface area contributed by atoms with Gasteiger partial charge in [0.25, 0.3) is 0 Å². The van der Waals surface area contributed by atoms with Crippen LogP contribution in [0.1, 0.15) is 21.5 Å². The minimum absolute atomic E-state index is 0.437. The summed E-state index contributed by atoms with van der Waals surface area (Å²) in [6, 6.07) is 11.4. The van der Waals surface area contributed by atoms with Crippen molar-refractivity contribution in [1.82, 2.24) is 0 Å². The van der Waals surface area contributed by atoms with Gasteiger partial charge in [0.2, 0.25) is 5.91 Å². The molecule has 98 valence electrons. The zero-order valence-electron chi connectivity index (χ0n) is 10.9. The second-order valence-electron chi connectivity index (χ2n) is 4.49. The lowest BCUT2D eigenvalue weighted by Gasteiger charge is -2.10. The second-order valence-corrected chi connectivity index (χ2v) is 5.57. The van der Waals surface area contributed by atoms with Gasteiger partial charge in [-0.2, -0.15) is 0 Å². The van der Waals surface area contributed by atoms with Gasteiger partial charge in [-0.25, -0.2) is 0 Å². The van der Waals surface area contributed by atoms with Crippen molar-refractivity contribution < 1.29 is 4.79 Å². The van der Waals surface area contributed by atoms with Crippen molar-refractivity contribution in [3.05, 3.63) is 53.1 Å². The number of nitrogens with two attached hydrogens (primary N) is 2. The van der Waals surface area contributed by atoms with Gasteiger partial charge in [-0.05, 0) is 49.2 Å². The summed E-state index contributed by atoms with van der Waals surface area (Å²) in [5.74, 6) is -0.437. The van der Waals surface area contributed by atoms with E-state index in [0.29, 0.717) is 11.3 Å². The van der Waals surface area contributed by atoms with Crippen LogP contribution in [0.2, 0.25) is 0 Å². The van der Waals surface area contributed by atoms with E-state index in [0.717, 1.165) is 15.4 Å². The first-order chi connectivity index (χ1) is 8.97. The molecule has 0 aliphatic heterocycles. The van der Waals surface area contributed by atoms with Crippen molar-refractivity contribution >= 4 is 23.4 Å². The van der Waals surface area contributed by atoms with E-state index in [4.69, 9.17) is 11.5 Å². The molecular weight excluding hydrogens is 256 g/mol. The number of carbonyl (C=O) groups excluding carboxylic acids is 1. The Bertz CT molecular complexity index is 638. The molecule has 2 rings (SSSR count). The predicted octanol–water partition coefficient (Wildman–Crippen LogP) is 3.14. The van der Waals surface area contributed by atoms with E-state index in [1.165, 1.54) is 17.3 Å². The smallest absolute Gasteiger partial charge is 0.249 e. The Morgan fingerprint density at radius 3 is 2.47 bits per heavy atom. The number of carbonyl (C=O) groups is 1. The summed E-state index contributed by atoms with van der Waals surface area (Å²) in [4.78, 5) is 13.3. The Morgan fingerprint density at radius 1 is 1.05 bits per heavy atom. The maximum absolute atomic E-state index is 11.4. The lowest BCUT2D eigenvalue weighted by atomic mass is 10.2. The molecule has 4 heteroatoms. The third-order valence-corrected chi connectivity index (χ3v) is 4.05. The molecule has 0 saturated carbocycles. The monoisotopic (exact) mass is 272 g/mol. The molecule has 0 aromatic heterocycles. The quantitative estimate of drug-likeness (QED) is 0.843. The van der Waals surface area contributed by atoms with Crippen LogP contribution in [0, 0.1) is 13.8 Å². The maximum Gasteiger partial charge on any atom is 0.249 e. The summed E-state index contributed by atoms with van der Waals surface area (Å²) in [6.45, 7) is 4.08. The van der Waals surface area contributed by atoms with Gasteiger partial charge >= 0.3 is 0 Å². The van der Waals surface area contributed by atoms with E-state index < -0.39 is 5.91 Å². The molecule has 0 aliphatic rings. The van der Waals surface area contributed by atoms with Crippen LogP contribution in [0.3, 0.4) is 0 Å². The highest BCUT2D eigenvalue weighted by molar-refractivity contribution is 7.99. The number of hydrogen-bond acceptors (Lipinski definition) is 3. The first-order valence-electron chi connectivity index (χ1n) is 5.92. The Morgan fingerprint density at radius 2 is 1.79 bits per heavy atom. The van der Waals surface area contributed by atoms with Crippen LogP contribution in [-0.2, 0) is 0 Å². The first-order valence-corrected chi connectivity index (χ1v) is 6.73. The molecule has 1 amide bonds. The van der Waals surface area contributed by atoms with E-state index in [2.05, 4.69) is 18.2 Å². The summed E-state index contributed by atoms with van der Waals surface area (Å²) < 4.78 is 0. The second kappa shape index (κ2) is 5.36. The Kier molecular flexibility index (Phi) is 3.81. The number of amides is 1. The van der Waals surface area contributed by atoms with E-state index in [9.17, 15) is 4.79 Å². The van der Waals surface area contributed by atoms with Gasteiger partial charge in [-0.15, -0.1) is 0 Å². The van der Waals surface area contributed by atoms with Crippen molar-refractivity contribution in [1.29, 1.82) is 0 Å².